The molecule has 94 valence electrons. The summed E-state index contributed by atoms with van der Waals surface area (Å²) >= 11 is 0. The van der Waals surface area contributed by atoms with Gasteiger partial charge in [-0.1, -0.05) is 36.2 Å². The maximum atomic E-state index is 11.8. The number of hydrogen-bond donors (Lipinski definition) is 1. The molecule has 3 nitrogen and oxygen atoms in total. The molecular formula is C15H18N2O. The molecule has 2 saturated carbocycles. The van der Waals surface area contributed by atoms with Crippen molar-refractivity contribution in [1.29, 1.82) is 0 Å². The number of nitrogens with zero attached hydrogens (tertiary/aromatic N) is 1. The van der Waals surface area contributed by atoms with E-state index in [1.165, 1.54) is 24.8 Å². The zero-order chi connectivity index (χ0) is 12.6. The molecule has 0 radical (unpaired) electrons. The average Bonchev–Trinajstić information content (AvgIpc) is 3.07. The monoisotopic (exact) mass is 242 g/mol. The standard InChI is InChI=1S/C15H18N2O/c1-11-3-5-12(6-4-11)10-16-17-14(18)13-9-15(13)7-2-8-15/h3-6,10,13H,2,7-9H2,1H3,(H,17,18)/b16-10+. The first-order valence-electron chi connectivity index (χ1n) is 6.59. The summed E-state index contributed by atoms with van der Waals surface area (Å²) in [5.41, 5.74) is 5.27. The SMILES string of the molecule is Cc1ccc(/C=N/NC(=O)C2CC23CCC3)cc1. The van der Waals surface area contributed by atoms with Crippen LogP contribution >= 0.6 is 0 Å². The Kier molecular flexibility index (Phi) is 2.69. The zero-order valence-electron chi connectivity index (χ0n) is 10.6. The summed E-state index contributed by atoms with van der Waals surface area (Å²) in [4.78, 5) is 11.8. The summed E-state index contributed by atoms with van der Waals surface area (Å²) in [5.74, 6) is 0.319. The van der Waals surface area contributed by atoms with Gasteiger partial charge in [0.1, 0.15) is 0 Å². The average molecular weight is 242 g/mol. The molecule has 1 unspecified atom stereocenters. The first kappa shape index (κ1) is 11.5. The van der Waals surface area contributed by atoms with Crippen LogP contribution in [0.5, 0.6) is 0 Å². The van der Waals surface area contributed by atoms with Crippen molar-refractivity contribution in [3.63, 3.8) is 0 Å². The number of hydrazone groups is 1. The quantitative estimate of drug-likeness (QED) is 0.642. The van der Waals surface area contributed by atoms with Gasteiger partial charge >= 0.3 is 0 Å². The first-order chi connectivity index (χ1) is 8.70. The Labute approximate surface area is 107 Å². The van der Waals surface area contributed by atoms with Crippen LogP contribution in [0.2, 0.25) is 0 Å². The van der Waals surface area contributed by atoms with Crippen LogP contribution in [-0.4, -0.2) is 12.1 Å². The van der Waals surface area contributed by atoms with Gasteiger partial charge < -0.3 is 0 Å². The van der Waals surface area contributed by atoms with Crippen molar-refractivity contribution < 1.29 is 4.79 Å². The summed E-state index contributed by atoms with van der Waals surface area (Å²) in [7, 11) is 0. The summed E-state index contributed by atoms with van der Waals surface area (Å²) < 4.78 is 0. The van der Waals surface area contributed by atoms with Gasteiger partial charge in [0.25, 0.3) is 0 Å². The predicted molar refractivity (Wildman–Crippen MR) is 71.3 cm³/mol. The third kappa shape index (κ3) is 2.05. The van der Waals surface area contributed by atoms with Gasteiger partial charge in [0.05, 0.1) is 6.21 Å². The molecule has 2 aliphatic rings. The fourth-order valence-electron chi connectivity index (χ4n) is 2.80. The van der Waals surface area contributed by atoms with E-state index in [-0.39, 0.29) is 11.8 Å². The van der Waals surface area contributed by atoms with E-state index >= 15 is 0 Å². The number of amides is 1. The molecule has 0 heterocycles. The van der Waals surface area contributed by atoms with E-state index in [1.54, 1.807) is 6.21 Å². The molecule has 1 atom stereocenters. The number of hydrogen-bond acceptors (Lipinski definition) is 2. The molecule has 0 aliphatic heterocycles. The second kappa shape index (κ2) is 4.23. The predicted octanol–water partition coefficient (Wildman–Crippen LogP) is 2.64. The molecule has 2 aliphatic carbocycles. The van der Waals surface area contributed by atoms with Crippen molar-refractivity contribution in [1.82, 2.24) is 5.43 Å². The molecule has 0 bridgehead atoms. The molecule has 1 N–H and O–H groups in total. The van der Waals surface area contributed by atoms with Crippen LogP contribution in [0.25, 0.3) is 0 Å². The van der Waals surface area contributed by atoms with Crippen molar-refractivity contribution >= 4 is 12.1 Å². The minimum absolute atomic E-state index is 0.0954. The number of rotatable bonds is 3. The Balaban J connectivity index is 1.52. The lowest BCUT2D eigenvalue weighted by Gasteiger charge is -2.25. The summed E-state index contributed by atoms with van der Waals surface area (Å²) in [5, 5.41) is 4.03. The fraction of sp³-hybridized carbons (Fsp3) is 0.467. The van der Waals surface area contributed by atoms with E-state index in [4.69, 9.17) is 0 Å². The van der Waals surface area contributed by atoms with Crippen LogP contribution in [0, 0.1) is 18.3 Å². The van der Waals surface area contributed by atoms with Crippen LogP contribution in [-0.2, 0) is 4.79 Å². The van der Waals surface area contributed by atoms with Gasteiger partial charge in [-0.25, -0.2) is 5.43 Å². The van der Waals surface area contributed by atoms with Crippen LogP contribution in [0.3, 0.4) is 0 Å². The van der Waals surface area contributed by atoms with Crippen LogP contribution in [0.15, 0.2) is 29.4 Å². The number of nitrogens with one attached hydrogen (secondary N) is 1. The molecule has 1 amide bonds. The van der Waals surface area contributed by atoms with Crippen molar-refractivity contribution in [3.05, 3.63) is 35.4 Å². The van der Waals surface area contributed by atoms with Gasteiger partial charge in [-0.15, -0.1) is 0 Å². The Morgan fingerprint density at radius 1 is 1.39 bits per heavy atom. The third-order valence-corrected chi connectivity index (χ3v) is 4.32. The van der Waals surface area contributed by atoms with Crippen molar-refractivity contribution in [2.75, 3.05) is 0 Å². The molecule has 1 spiro atoms. The molecule has 18 heavy (non-hydrogen) atoms. The van der Waals surface area contributed by atoms with Gasteiger partial charge in [-0.05, 0) is 37.2 Å². The van der Waals surface area contributed by atoms with Crippen LogP contribution < -0.4 is 5.43 Å². The largest absolute Gasteiger partial charge is 0.273 e. The second-order valence-electron chi connectivity index (χ2n) is 5.62. The van der Waals surface area contributed by atoms with Crippen molar-refractivity contribution in [2.45, 2.75) is 32.6 Å². The number of aryl methyl sites for hydroxylation is 1. The molecule has 2 fully saturated rings. The minimum atomic E-state index is 0.0954. The molecule has 1 aromatic carbocycles. The van der Waals surface area contributed by atoms with E-state index in [0.29, 0.717) is 5.41 Å². The maximum Gasteiger partial charge on any atom is 0.243 e. The highest BCUT2D eigenvalue weighted by atomic mass is 16.2. The highest BCUT2D eigenvalue weighted by Crippen LogP contribution is 2.65. The Morgan fingerprint density at radius 2 is 2.11 bits per heavy atom. The number of benzene rings is 1. The highest BCUT2D eigenvalue weighted by molar-refractivity contribution is 5.85. The zero-order valence-corrected chi connectivity index (χ0v) is 10.6. The van der Waals surface area contributed by atoms with E-state index in [9.17, 15) is 4.79 Å². The lowest BCUT2D eigenvalue weighted by molar-refractivity contribution is -0.123. The van der Waals surface area contributed by atoms with Crippen molar-refractivity contribution in [2.24, 2.45) is 16.4 Å². The molecule has 0 aromatic heterocycles. The minimum Gasteiger partial charge on any atom is -0.273 e. The van der Waals surface area contributed by atoms with E-state index in [2.05, 4.69) is 10.5 Å². The Morgan fingerprint density at radius 3 is 2.67 bits per heavy atom. The first-order valence-corrected chi connectivity index (χ1v) is 6.59. The van der Waals surface area contributed by atoms with E-state index in [0.717, 1.165) is 12.0 Å². The Hall–Kier alpha value is -1.64. The number of carbonyl (C=O) groups is 1. The smallest absolute Gasteiger partial charge is 0.243 e. The van der Waals surface area contributed by atoms with Crippen LogP contribution in [0.1, 0.15) is 36.8 Å². The van der Waals surface area contributed by atoms with Gasteiger partial charge in [-0.2, -0.15) is 5.10 Å². The Bertz CT molecular complexity index is 486. The van der Waals surface area contributed by atoms with Gasteiger partial charge in [0.15, 0.2) is 0 Å². The number of carbonyl (C=O) groups excluding carboxylic acids is 1. The maximum absolute atomic E-state index is 11.8. The van der Waals surface area contributed by atoms with Crippen molar-refractivity contribution in [3.8, 4) is 0 Å². The topological polar surface area (TPSA) is 41.5 Å². The normalized spacial score (nSPS) is 23.9. The molecule has 1 aromatic rings. The highest BCUT2D eigenvalue weighted by Gasteiger charge is 2.60. The van der Waals surface area contributed by atoms with E-state index in [1.807, 2.05) is 31.2 Å². The third-order valence-electron chi connectivity index (χ3n) is 4.32. The molecule has 3 heteroatoms. The summed E-state index contributed by atoms with van der Waals surface area (Å²) in [6, 6.07) is 8.06. The lowest BCUT2D eigenvalue weighted by Crippen LogP contribution is -2.26. The lowest BCUT2D eigenvalue weighted by atomic mass is 9.80. The molecule has 0 saturated heterocycles. The summed E-state index contributed by atoms with van der Waals surface area (Å²) in [6.07, 6.45) is 6.52. The van der Waals surface area contributed by atoms with Gasteiger partial charge in [-0.3, -0.25) is 4.79 Å². The molecule has 3 rings (SSSR count). The fourth-order valence-corrected chi connectivity index (χ4v) is 2.80. The second-order valence-corrected chi connectivity index (χ2v) is 5.62. The molecular weight excluding hydrogens is 224 g/mol. The van der Waals surface area contributed by atoms with Gasteiger partial charge in [0.2, 0.25) is 5.91 Å². The van der Waals surface area contributed by atoms with E-state index < -0.39 is 0 Å². The van der Waals surface area contributed by atoms with Gasteiger partial charge in [0, 0.05) is 5.92 Å². The summed E-state index contributed by atoms with van der Waals surface area (Å²) in [6.45, 7) is 2.05. The van der Waals surface area contributed by atoms with Crippen LogP contribution in [0.4, 0.5) is 0 Å².